The van der Waals surface area contributed by atoms with Crippen molar-refractivity contribution in [2.75, 3.05) is 11.9 Å². The zero-order chi connectivity index (χ0) is 13.7. The first-order chi connectivity index (χ1) is 9.20. The molecule has 0 aliphatic carbocycles. The lowest BCUT2D eigenvalue weighted by molar-refractivity contribution is 0.996. The highest BCUT2D eigenvalue weighted by atomic mass is 35.5. The van der Waals surface area contributed by atoms with Crippen molar-refractivity contribution in [1.29, 1.82) is 0 Å². The monoisotopic (exact) mass is 311 g/mol. The minimum atomic E-state index is 0.244. The molecular weight excluding hydrogens is 298 g/mol. The van der Waals surface area contributed by atoms with Gasteiger partial charge in [-0.3, -0.25) is 0 Å². The summed E-state index contributed by atoms with van der Waals surface area (Å²) in [6.45, 7) is 6.46. The summed E-state index contributed by atoms with van der Waals surface area (Å²) < 4.78 is 0.930. The Labute approximate surface area is 126 Å². The Morgan fingerprint density at radius 3 is 3.00 bits per heavy atom. The lowest BCUT2D eigenvalue weighted by atomic mass is 10.2. The van der Waals surface area contributed by atoms with Crippen LogP contribution in [0.4, 0.5) is 5.13 Å². The Hall–Kier alpha value is -1.04. The van der Waals surface area contributed by atoms with Gasteiger partial charge in [-0.1, -0.05) is 59.0 Å². The van der Waals surface area contributed by atoms with Crippen LogP contribution in [-0.2, 0) is 0 Å². The molecule has 1 aromatic carbocycles. The number of thioether (sulfide) groups is 1. The van der Waals surface area contributed by atoms with E-state index < -0.39 is 0 Å². The van der Waals surface area contributed by atoms with Crippen LogP contribution in [0, 0.1) is 0 Å². The van der Waals surface area contributed by atoms with Gasteiger partial charge in [0.05, 0.1) is 0 Å². The van der Waals surface area contributed by atoms with Gasteiger partial charge < -0.3 is 5.32 Å². The minimum Gasteiger partial charge on any atom is -0.357 e. The minimum absolute atomic E-state index is 0.244. The summed E-state index contributed by atoms with van der Waals surface area (Å²) in [6.07, 6.45) is 1.79. The van der Waals surface area contributed by atoms with Crippen LogP contribution in [-0.4, -0.2) is 16.7 Å². The van der Waals surface area contributed by atoms with Crippen LogP contribution in [0.5, 0.6) is 0 Å². The predicted molar refractivity (Wildman–Crippen MR) is 84.3 cm³/mol. The van der Waals surface area contributed by atoms with Crippen LogP contribution < -0.4 is 5.32 Å². The second-order valence-corrected chi connectivity index (χ2v) is 6.80. The first-order valence-corrected chi connectivity index (χ1v) is 7.87. The molecule has 1 atom stereocenters. The molecule has 0 saturated carbocycles. The zero-order valence-corrected chi connectivity index (χ0v) is 12.9. The highest BCUT2D eigenvalue weighted by Gasteiger charge is 2.13. The van der Waals surface area contributed by atoms with Crippen LogP contribution in [0.3, 0.4) is 0 Å². The molecule has 100 valence electrons. The summed E-state index contributed by atoms with van der Waals surface area (Å²) in [5, 5.41) is 13.2. The van der Waals surface area contributed by atoms with Gasteiger partial charge in [0.1, 0.15) is 0 Å². The molecule has 0 aliphatic heterocycles. The van der Waals surface area contributed by atoms with Crippen LogP contribution >= 0.6 is 34.7 Å². The quantitative estimate of drug-likeness (QED) is 0.623. The van der Waals surface area contributed by atoms with E-state index in [-0.39, 0.29) is 5.25 Å². The van der Waals surface area contributed by atoms with Gasteiger partial charge in [0, 0.05) is 16.8 Å². The summed E-state index contributed by atoms with van der Waals surface area (Å²) in [7, 11) is 0. The maximum absolute atomic E-state index is 6.19. The number of anilines is 1. The maximum Gasteiger partial charge on any atom is 0.206 e. The summed E-state index contributed by atoms with van der Waals surface area (Å²) in [4.78, 5) is 0. The van der Waals surface area contributed by atoms with Gasteiger partial charge in [0.15, 0.2) is 4.34 Å². The molecule has 0 fully saturated rings. The van der Waals surface area contributed by atoms with E-state index in [4.69, 9.17) is 11.6 Å². The molecule has 19 heavy (non-hydrogen) atoms. The lowest BCUT2D eigenvalue weighted by Crippen LogP contribution is -1.96. The molecule has 3 nitrogen and oxygen atoms in total. The van der Waals surface area contributed by atoms with Crippen molar-refractivity contribution in [3.05, 3.63) is 47.5 Å². The molecule has 2 aromatic rings. The van der Waals surface area contributed by atoms with Crippen LogP contribution in [0.15, 0.2) is 41.3 Å². The fraction of sp³-hybridized carbons (Fsp3) is 0.231. The molecule has 0 bridgehead atoms. The van der Waals surface area contributed by atoms with Gasteiger partial charge in [-0.15, -0.1) is 16.8 Å². The van der Waals surface area contributed by atoms with Crippen molar-refractivity contribution in [3.8, 4) is 0 Å². The highest BCUT2D eigenvalue weighted by molar-refractivity contribution is 8.01. The summed E-state index contributed by atoms with van der Waals surface area (Å²) in [5.74, 6) is 0. The number of nitrogens with zero attached hydrogens (tertiary/aromatic N) is 2. The van der Waals surface area contributed by atoms with E-state index in [9.17, 15) is 0 Å². The largest absolute Gasteiger partial charge is 0.357 e. The van der Waals surface area contributed by atoms with Crippen molar-refractivity contribution in [3.63, 3.8) is 0 Å². The van der Waals surface area contributed by atoms with Crippen molar-refractivity contribution in [2.24, 2.45) is 0 Å². The second kappa shape index (κ2) is 6.93. The number of halogens is 1. The maximum atomic E-state index is 6.19. The summed E-state index contributed by atoms with van der Waals surface area (Å²) in [6, 6.07) is 7.88. The predicted octanol–water partition coefficient (Wildman–Crippen LogP) is 4.64. The average Bonchev–Trinajstić information content (AvgIpc) is 2.84. The Morgan fingerprint density at radius 1 is 1.47 bits per heavy atom. The van der Waals surface area contributed by atoms with Crippen LogP contribution in [0.25, 0.3) is 0 Å². The standard InChI is InChI=1S/C13H14ClN3S2/c1-3-8-15-12-16-17-13(19-12)18-9(2)10-6-4-5-7-11(10)14/h3-7,9H,1,8H2,2H3,(H,15,16)/t9-/m1/s1. The molecule has 1 aromatic heterocycles. The zero-order valence-electron chi connectivity index (χ0n) is 10.5. The topological polar surface area (TPSA) is 37.8 Å². The molecule has 2 rings (SSSR count). The molecule has 0 saturated heterocycles. The first-order valence-electron chi connectivity index (χ1n) is 5.80. The molecule has 0 aliphatic rings. The Kier molecular flexibility index (Phi) is 5.24. The van der Waals surface area contributed by atoms with Crippen molar-refractivity contribution < 1.29 is 0 Å². The third-order valence-corrected chi connectivity index (χ3v) is 4.87. The summed E-state index contributed by atoms with van der Waals surface area (Å²) >= 11 is 9.39. The normalized spacial score (nSPS) is 12.1. The number of hydrogen-bond donors (Lipinski definition) is 1. The molecule has 0 spiro atoms. The van der Waals surface area contributed by atoms with Gasteiger partial charge in [-0.2, -0.15) is 0 Å². The lowest BCUT2D eigenvalue weighted by Gasteiger charge is -2.10. The smallest absolute Gasteiger partial charge is 0.206 e. The van der Waals surface area contributed by atoms with Gasteiger partial charge in [-0.25, -0.2) is 0 Å². The summed E-state index contributed by atoms with van der Waals surface area (Å²) in [5.41, 5.74) is 1.12. The molecule has 0 unspecified atom stereocenters. The number of benzene rings is 1. The van der Waals surface area contributed by atoms with Crippen molar-refractivity contribution >= 4 is 39.8 Å². The van der Waals surface area contributed by atoms with Crippen LogP contribution in [0.1, 0.15) is 17.7 Å². The molecule has 1 N–H and O–H groups in total. The van der Waals surface area contributed by atoms with Gasteiger partial charge in [-0.05, 0) is 18.6 Å². The van der Waals surface area contributed by atoms with Gasteiger partial charge in [0.25, 0.3) is 0 Å². The van der Waals surface area contributed by atoms with Gasteiger partial charge >= 0.3 is 0 Å². The van der Waals surface area contributed by atoms with E-state index in [2.05, 4.69) is 29.0 Å². The van der Waals surface area contributed by atoms with Crippen LogP contribution in [0.2, 0.25) is 5.02 Å². The van der Waals surface area contributed by atoms with E-state index in [0.29, 0.717) is 6.54 Å². The van der Waals surface area contributed by atoms with E-state index in [0.717, 1.165) is 20.1 Å². The Balaban J connectivity index is 2.02. The molecule has 0 radical (unpaired) electrons. The van der Waals surface area contributed by atoms with E-state index in [1.54, 1.807) is 29.2 Å². The number of aromatic nitrogens is 2. The van der Waals surface area contributed by atoms with Crippen molar-refractivity contribution in [2.45, 2.75) is 16.5 Å². The number of hydrogen-bond acceptors (Lipinski definition) is 5. The Bertz CT molecular complexity index is 556. The molecule has 0 amide bonds. The van der Waals surface area contributed by atoms with E-state index in [1.807, 2.05) is 24.3 Å². The molecular formula is C13H14ClN3S2. The van der Waals surface area contributed by atoms with E-state index in [1.165, 1.54) is 0 Å². The third kappa shape index (κ3) is 3.96. The second-order valence-electron chi connectivity index (χ2n) is 3.82. The molecule has 6 heteroatoms. The fourth-order valence-electron chi connectivity index (χ4n) is 1.51. The number of rotatable bonds is 6. The average molecular weight is 312 g/mol. The van der Waals surface area contributed by atoms with Gasteiger partial charge in [0.2, 0.25) is 5.13 Å². The first kappa shape index (κ1) is 14.4. The number of nitrogens with one attached hydrogen (secondary N) is 1. The fourth-order valence-corrected chi connectivity index (χ4v) is 3.94. The SMILES string of the molecule is C=CCNc1nnc(S[C@H](C)c2ccccc2Cl)s1. The van der Waals surface area contributed by atoms with Crippen molar-refractivity contribution in [1.82, 2.24) is 10.2 Å². The third-order valence-electron chi connectivity index (χ3n) is 2.42. The van der Waals surface area contributed by atoms with E-state index >= 15 is 0 Å². The Morgan fingerprint density at radius 2 is 2.26 bits per heavy atom. The highest BCUT2D eigenvalue weighted by Crippen LogP contribution is 2.39. The molecule has 1 heterocycles.